The van der Waals surface area contributed by atoms with Gasteiger partial charge in [-0.3, -0.25) is 9.48 Å². The third-order valence-corrected chi connectivity index (χ3v) is 6.19. The van der Waals surface area contributed by atoms with E-state index in [1.165, 1.54) is 27.4 Å². The second-order valence-electron chi connectivity index (χ2n) is 7.69. The highest BCUT2D eigenvalue weighted by Crippen LogP contribution is 2.17. The van der Waals surface area contributed by atoms with Crippen LogP contribution in [0.25, 0.3) is 11.1 Å². The molecule has 0 fully saturated rings. The van der Waals surface area contributed by atoms with Crippen molar-refractivity contribution in [3.8, 4) is 11.1 Å². The average Bonchev–Trinajstić information content (AvgIpc) is 2.70. The van der Waals surface area contributed by atoms with E-state index in [9.17, 15) is 0 Å². The van der Waals surface area contributed by atoms with Crippen LogP contribution in [0.2, 0.25) is 0 Å². The minimum atomic E-state index is 0. The van der Waals surface area contributed by atoms with Crippen molar-refractivity contribution in [2.24, 2.45) is 7.05 Å². The van der Waals surface area contributed by atoms with Gasteiger partial charge in [0.2, 0.25) is 0 Å². The molecule has 0 bridgehead atoms. The lowest BCUT2D eigenvalue weighted by atomic mass is 10.1. The van der Waals surface area contributed by atoms with Gasteiger partial charge in [0.05, 0.1) is 28.2 Å². The molecule has 0 radical (unpaired) electrons. The van der Waals surface area contributed by atoms with Crippen molar-refractivity contribution in [1.82, 2.24) is 4.90 Å². The summed E-state index contributed by atoms with van der Waals surface area (Å²) in [6.07, 6.45) is 8.46. The van der Waals surface area contributed by atoms with Crippen LogP contribution in [-0.4, -0.2) is 42.8 Å². The van der Waals surface area contributed by atoms with Crippen LogP contribution in [0.15, 0.2) is 73.3 Å². The summed E-state index contributed by atoms with van der Waals surface area (Å²) >= 11 is 1.86. The molecule has 3 rings (SSSR count). The third-order valence-electron chi connectivity index (χ3n) is 4.72. The standard InChI is InChI=1S/C24H31N4S.3ClH/c1-25(2)24(26(3)4)29-19-21-8-6-20(7-9-21)18-28-16-12-23(13-17-28)22-10-14-27(5)15-11-22;;;/h6-17H,18-19H2,1-5H3;3*1H/q+3;;;/p-2. The van der Waals surface area contributed by atoms with Crippen LogP contribution in [0.1, 0.15) is 11.1 Å². The van der Waals surface area contributed by atoms with E-state index in [0.29, 0.717) is 0 Å². The van der Waals surface area contributed by atoms with Gasteiger partial charge in [0, 0.05) is 35.6 Å². The van der Waals surface area contributed by atoms with Gasteiger partial charge in [-0.15, -0.1) is 12.4 Å². The molecule has 32 heavy (non-hydrogen) atoms. The molecule has 0 aliphatic heterocycles. The summed E-state index contributed by atoms with van der Waals surface area (Å²) < 4.78 is 6.43. The molecule has 2 aromatic heterocycles. The maximum Gasteiger partial charge on any atom is 0.307 e. The zero-order valence-corrected chi connectivity index (χ0v) is 22.3. The first-order valence-electron chi connectivity index (χ1n) is 9.79. The maximum absolute atomic E-state index is 2.24. The Hall–Kier alpha value is -1.79. The first-order valence-corrected chi connectivity index (χ1v) is 10.8. The highest BCUT2D eigenvalue weighted by Gasteiger charge is 2.12. The van der Waals surface area contributed by atoms with Crippen molar-refractivity contribution in [1.29, 1.82) is 0 Å². The normalized spacial score (nSPS) is 9.66. The van der Waals surface area contributed by atoms with Gasteiger partial charge in [0.1, 0.15) is 7.05 Å². The highest BCUT2D eigenvalue weighted by atomic mass is 35.5. The van der Waals surface area contributed by atoms with E-state index >= 15 is 0 Å². The average molecular weight is 515 g/mol. The quantitative estimate of drug-likeness (QED) is 0.210. The molecule has 4 nitrogen and oxygen atoms in total. The number of hydrogen-bond acceptors (Lipinski definition) is 1. The monoisotopic (exact) mass is 513 g/mol. The largest absolute Gasteiger partial charge is 1.00 e. The first-order chi connectivity index (χ1) is 13.9. The molecular weight excluding hydrogens is 483 g/mol. The van der Waals surface area contributed by atoms with Gasteiger partial charge in [-0.2, -0.15) is 0 Å². The fourth-order valence-electron chi connectivity index (χ4n) is 3.21. The lowest BCUT2D eigenvalue weighted by Gasteiger charge is -2.10. The molecule has 0 aliphatic carbocycles. The van der Waals surface area contributed by atoms with Crippen LogP contribution in [0.4, 0.5) is 0 Å². The lowest BCUT2D eigenvalue weighted by Crippen LogP contribution is -3.00. The number of aromatic nitrogens is 2. The highest BCUT2D eigenvalue weighted by molar-refractivity contribution is 8.12. The summed E-state index contributed by atoms with van der Waals surface area (Å²) in [6, 6.07) is 17.6. The molecule has 0 N–H and O–H groups in total. The minimum Gasteiger partial charge on any atom is -1.00 e. The molecule has 0 saturated carbocycles. The molecule has 2 heterocycles. The van der Waals surface area contributed by atoms with Crippen molar-refractivity contribution < 1.29 is 38.5 Å². The summed E-state index contributed by atoms with van der Waals surface area (Å²) in [4.78, 5) is 2.16. The minimum absolute atomic E-state index is 0. The van der Waals surface area contributed by atoms with Gasteiger partial charge in [-0.25, -0.2) is 9.13 Å². The zero-order chi connectivity index (χ0) is 20.8. The molecular formula is C24H32Cl3N4S+. The van der Waals surface area contributed by atoms with Gasteiger partial charge in [0.15, 0.2) is 31.3 Å². The Balaban J connectivity index is 0.00000320. The number of aryl methyl sites for hydroxylation is 1. The Kier molecular flexibility index (Phi) is 13.6. The number of amidine groups is 1. The first kappa shape index (κ1) is 30.2. The Morgan fingerprint density at radius 3 is 1.75 bits per heavy atom. The number of hydrogen-bond donors (Lipinski definition) is 0. The molecule has 0 spiro atoms. The Bertz CT molecular complexity index is 970. The SMILES string of the molecule is CN(C)C(SCc1ccc(C[n+]2ccc(-c3cc[n+](C)cc3)cc2)cc1)=[N+](C)C.Cl.[Cl-].[Cl-]. The molecule has 3 aromatic rings. The maximum atomic E-state index is 2.24. The molecule has 0 unspecified atom stereocenters. The van der Waals surface area contributed by atoms with E-state index in [-0.39, 0.29) is 37.2 Å². The molecule has 174 valence electrons. The van der Waals surface area contributed by atoms with Gasteiger partial charge in [0.25, 0.3) is 0 Å². The van der Waals surface area contributed by atoms with E-state index in [1.807, 2.05) is 18.8 Å². The van der Waals surface area contributed by atoms with Gasteiger partial charge in [-0.1, -0.05) is 24.3 Å². The number of thioether (sulfide) groups is 1. The molecule has 1 aromatic carbocycles. The number of rotatable bonds is 5. The van der Waals surface area contributed by atoms with Crippen LogP contribution in [0, 0.1) is 0 Å². The summed E-state index contributed by atoms with van der Waals surface area (Å²) in [5.41, 5.74) is 5.14. The van der Waals surface area contributed by atoms with Crippen LogP contribution >= 0.6 is 24.2 Å². The lowest BCUT2D eigenvalue weighted by molar-refractivity contribution is -0.688. The van der Waals surface area contributed by atoms with Crippen molar-refractivity contribution >= 4 is 29.3 Å². The molecule has 0 aliphatic rings. The van der Waals surface area contributed by atoms with E-state index in [0.717, 1.165) is 12.3 Å². The number of pyridine rings is 2. The van der Waals surface area contributed by atoms with Crippen molar-refractivity contribution in [3.63, 3.8) is 0 Å². The second kappa shape index (κ2) is 14.4. The summed E-state index contributed by atoms with van der Waals surface area (Å²) in [7, 11) is 10.4. The fraction of sp³-hybridized carbons (Fsp3) is 0.292. The van der Waals surface area contributed by atoms with E-state index in [2.05, 4.69) is 120 Å². The van der Waals surface area contributed by atoms with Crippen molar-refractivity contribution in [2.45, 2.75) is 12.3 Å². The zero-order valence-electron chi connectivity index (χ0n) is 19.2. The molecule has 0 amide bonds. The predicted molar refractivity (Wildman–Crippen MR) is 128 cm³/mol. The number of halogens is 3. The van der Waals surface area contributed by atoms with Crippen LogP contribution in [-0.2, 0) is 19.3 Å². The van der Waals surface area contributed by atoms with Crippen LogP contribution < -0.4 is 33.9 Å². The van der Waals surface area contributed by atoms with E-state index in [1.54, 1.807) is 0 Å². The molecule has 0 atom stereocenters. The Morgan fingerprint density at radius 1 is 0.812 bits per heavy atom. The summed E-state index contributed by atoms with van der Waals surface area (Å²) in [5, 5.41) is 1.26. The smallest absolute Gasteiger partial charge is 0.307 e. The summed E-state index contributed by atoms with van der Waals surface area (Å²) in [5.74, 6) is 0.975. The molecule has 0 saturated heterocycles. The van der Waals surface area contributed by atoms with Gasteiger partial charge in [-0.05, 0) is 28.5 Å². The van der Waals surface area contributed by atoms with Crippen LogP contribution in [0.5, 0.6) is 0 Å². The predicted octanol–water partition coefficient (Wildman–Crippen LogP) is -2.63. The van der Waals surface area contributed by atoms with E-state index < -0.39 is 0 Å². The van der Waals surface area contributed by atoms with Crippen LogP contribution in [0.3, 0.4) is 0 Å². The molecule has 8 heteroatoms. The fourth-order valence-corrected chi connectivity index (χ4v) is 4.21. The number of benzene rings is 1. The number of nitrogens with zero attached hydrogens (tertiary/aromatic N) is 4. The Morgan fingerprint density at radius 2 is 1.28 bits per heavy atom. The van der Waals surface area contributed by atoms with Gasteiger partial charge < -0.3 is 24.8 Å². The summed E-state index contributed by atoms with van der Waals surface area (Å²) in [6.45, 7) is 0.879. The second-order valence-corrected chi connectivity index (χ2v) is 8.63. The van der Waals surface area contributed by atoms with E-state index in [4.69, 9.17) is 0 Å². The van der Waals surface area contributed by atoms with Gasteiger partial charge >= 0.3 is 5.17 Å². The Labute approximate surface area is 215 Å². The van der Waals surface area contributed by atoms with Crippen molar-refractivity contribution in [2.75, 3.05) is 28.2 Å². The topological polar surface area (TPSA) is 14.0 Å². The third kappa shape index (κ3) is 8.62. The van der Waals surface area contributed by atoms with Crippen molar-refractivity contribution in [3.05, 3.63) is 84.4 Å².